The molecule has 0 spiro atoms. The lowest BCUT2D eigenvalue weighted by atomic mass is 9.69. The summed E-state index contributed by atoms with van der Waals surface area (Å²) in [6, 6.07) is 15.6. The van der Waals surface area contributed by atoms with E-state index >= 15 is 0 Å². The number of hydrogen-bond donors (Lipinski definition) is 2. The minimum atomic E-state index is -0.686. The highest BCUT2D eigenvalue weighted by atomic mass is 16.6. The summed E-state index contributed by atoms with van der Waals surface area (Å²) in [5, 5.41) is 0. The van der Waals surface area contributed by atoms with Gasteiger partial charge in [0.05, 0.1) is 0 Å². The molecule has 0 bridgehead atoms. The van der Waals surface area contributed by atoms with Crippen molar-refractivity contribution in [3.05, 3.63) is 59.7 Å². The summed E-state index contributed by atoms with van der Waals surface area (Å²) in [6.07, 6.45) is 4.64. The molecule has 0 atom stereocenters. The lowest BCUT2D eigenvalue weighted by Gasteiger charge is -2.42. The minimum Gasteiger partial charge on any atom is -0.443 e. The van der Waals surface area contributed by atoms with Crippen LogP contribution in [-0.4, -0.2) is 17.6 Å². The minimum absolute atomic E-state index is 0.283. The Labute approximate surface area is 172 Å². The molecule has 2 amide bonds. The molecular weight excluding hydrogens is 364 g/mol. The maximum Gasteiger partial charge on any atom is 0.405 e. The first-order chi connectivity index (χ1) is 13.7. The van der Waals surface area contributed by atoms with Crippen LogP contribution in [0.1, 0.15) is 61.9 Å². The van der Waals surface area contributed by atoms with Gasteiger partial charge in [0.2, 0.25) is 5.91 Å². The summed E-state index contributed by atoms with van der Waals surface area (Å²) >= 11 is 0. The molecule has 2 aromatic carbocycles. The Bertz CT molecular complexity index is 877. The quantitative estimate of drug-likeness (QED) is 0.735. The number of rotatable bonds is 6. The largest absolute Gasteiger partial charge is 0.443 e. The third-order valence-corrected chi connectivity index (χ3v) is 6.14. The highest BCUT2D eigenvalue weighted by Gasteiger charge is 2.40. The molecule has 3 rings (SSSR count). The van der Waals surface area contributed by atoms with Gasteiger partial charge in [-0.3, -0.25) is 4.79 Å². The predicted octanol–water partition coefficient (Wildman–Crippen LogP) is 4.82. The normalized spacial score (nSPS) is 17.4. The summed E-state index contributed by atoms with van der Waals surface area (Å²) < 4.78 is 5.62. The van der Waals surface area contributed by atoms with Crippen molar-refractivity contribution in [2.45, 2.75) is 58.0 Å². The summed E-state index contributed by atoms with van der Waals surface area (Å²) in [5.41, 5.74) is 14.2. The van der Waals surface area contributed by atoms with E-state index in [0.717, 1.165) is 49.7 Å². The van der Waals surface area contributed by atoms with Crippen molar-refractivity contribution < 1.29 is 14.3 Å². The average molecular weight is 395 g/mol. The molecular formula is C24H30N2O3. The van der Waals surface area contributed by atoms with Crippen LogP contribution in [0.5, 0.6) is 0 Å². The van der Waals surface area contributed by atoms with E-state index in [9.17, 15) is 9.59 Å². The van der Waals surface area contributed by atoms with E-state index in [4.69, 9.17) is 16.2 Å². The molecule has 1 aliphatic carbocycles. The Morgan fingerprint density at radius 3 is 2.17 bits per heavy atom. The predicted molar refractivity (Wildman–Crippen MR) is 114 cm³/mol. The molecule has 1 saturated carbocycles. The van der Waals surface area contributed by atoms with E-state index in [2.05, 4.69) is 26.0 Å². The average Bonchev–Trinajstić information content (AvgIpc) is 2.69. The number of primary amides is 2. The zero-order valence-corrected chi connectivity index (χ0v) is 17.2. The van der Waals surface area contributed by atoms with E-state index in [-0.39, 0.29) is 5.41 Å². The first-order valence-corrected chi connectivity index (χ1v) is 10.2. The lowest BCUT2D eigenvalue weighted by Crippen LogP contribution is -2.42. The number of amides is 2. The smallest absolute Gasteiger partial charge is 0.405 e. The van der Waals surface area contributed by atoms with Gasteiger partial charge in [-0.1, -0.05) is 50.2 Å². The summed E-state index contributed by atoms with van der Waals surface area (Å²) in [6.45, 7) is 4.51. The van der Waals surface area contributed by atoms with Crippen LogP contribution in [0.4, 0.5) is 4.79 Å². The zero-order valence-electron chi connectivity index (χ0n) is 17.2. The number of benzene rings is 2. The van der Waals surface area contributed by atoms with Crippen LogP contribution in [0.25, 0.3) is 11.1 Å². The van der Waals surface area contributed by atoms with E-state index in [1.54, 1.807) is 12.1 Å². The van der Waals surface area contributed by atoms with Crippen molar-refractivity contribution in [1.29, 1.82) is 0 Å². The van der Waals surface area contributed by atoms with Crippen LogP contribution in [0.2, 0.25) is 0 Å². The second-order valence-electron chi connectivity index (χ2n) is 8.91. The van der Waals surface area contributed by atoms with Gasteiger partial charge in [0, 0.05) is 5.56 Å². The van der Waals surface area contributed by atoms with Gasteiger partial charge in [-0.05, 0) is 72.8 Å². The van der Waals surface area contributed by atoms with Crippen LogP contribution in [0.15, 0.2) is 48.5 Å². The summed E-state index contributed by atoms with van der Waals surface area (Å²) in [4.78, 5) is 22.9. The maximum atomic E-state index is 11.5. The molecule has 0 heterocycles. The Kier molecular flexibility index (Phi) is 5.96. The van der Waals surface area contributed by atoms with Crippen LogP contribution in [0, 0.1) is 5.41 Å². The van der Waals surface area contributed by atoms with Crippen LogP contribution in [-0.2, 0) is 11.2 Å². The topological polar surface area (TPSA) is 95.4 Å². The highest BCUT2D eigenvalue weighted by molar-refractivity contribution is 5.94. The number of carbonyl (C=O) groups excluding carboxylic acids is 2. The molecule has 4 N–H and O–H groups in total. The number of nitrogens with two attached hydrogens (primary N) is 2. The second kappa shape index (κ2) is 8.27. The van der Waals surface area contributed by atoms with Crippen molar-refractivity contribution in [2.75, 3.05) is 0 Å². The third kappa shape index (κ3) is 5.37. The fourth-order valence-electron chi connectivity index (χ4n) is 4.09. The second-order valence-corrected chi connectivity index (χ2v) is 8.91. The Morgan fingerprint density at radius 2 is 1.59 bits per heavy atom. The lowest BCUT2D eigenvalue weighted by molar-refractivity contribution is -0.0414. The highest BCUT2D eigenvalue weighted by Crippen LogP contribution is 2.44. The molecule has 0 saturated heterocycles. The Hall–Kier alpha value is -2.82. The molecule has 0 aliphatic heterocycles. The fraction of sp³-hybridized carbons (Fsp3) is 0.417. The van der Waals surface area contributed by atoms with Crippen molar-refractivity contribution in [3.63, 3.8) is 0 Å². The first kappa shape index (κ1) is 20.9. The van der Waals surface area contributed by atoms with E-state index in [1.165, 1.54) is 5.56 Å². The van der Waals surface area contributed by atoms with E-state index in [0.29, 0.717) is 5.56 Å². The maximum absolute atomic E-state index is 11.5. The molecule has 2 aromatic rings. The van der Waals surface area contributed by atoms with Gasteiger partial charge < -0.3 is 16.2 Å². The molecule has 0 radical (unpaired) electrons. The first-order valence-electron chi connectivity index (χ1n) is 10.2. The Balaban J connectivity index is 1.69. The SMILES string of the molecule is CC1(C)CCC(CCc2ccc(-c3cccc(C(N)=O)c3)cc2)(OC(N)=O)CC1. The monoisotopic (exact) mass is 394 g/mol. The summed E-state index contributed by atoms with van der Waals surface area (Å²) in [5.74, 6) is -0.432. The third-order valence-electron chi connectivity index (χ3n) is 6.14. The van der Waals surface area contributed by atoms with Crippen molar-refractivity contribution in [1.82, 2.24) is 0 Å². The van der Waals surface area contributed by atoms with Crippen LogP contribution >= 0.6 is 0 Å². The van der Waals surface area contributed by atoms with Crippen LogP contribution < -0.4 is 11.5 Å². The summed E-state index contributed by atoms with van der Waals surface area (Å²) in [7, 11) is 0. The van der Waals surface area contributed by atoms with Gasteiger partial charge in [0.1, 0.15) is 5.60 Å². The number of ether oxygens (including phenoxy) is 1. The fourth-order valence-corrected chi connectivity index (χ4v) is 4.09. The van der Waals surface area contributed by atoms with Gasteiger partial charge in [-0.25, -0.2) is 4.79 Å². The molecule has 0 unspecified atom stereocenters. The molecule has 5 heteroatoms. The molecule has 0 aromatic heterocycles. The zero-order chi connectivity index (χ0) is 21.1. The number of aryl methyl sites for hydroxylation is 1. The molecule has 154 valence electrons. The number of hydrogen-bond acceptors (Lipinski definition) is 3. The molecule has 29 heavy (non-hydrogen) atoms. The van der Waals surface area contributed by atoms with Gasteiger partial charge in [0.25, 0.3) is 0 Å². The molecule has 5 nitrogen and oxygen atoms in total. The molecule has 1 aliphatic rings. The van der Waals surface area contributed by atoms with Crippen LogP contribution in [0.3, 0.4) is 0 Å². The van der Waals surface area contributed by atoms with Gasteiger partial charge >= 0.3 is 6.09 Å². The van der Waals surface area contributed by atoms with Crippen molar-refractivity contribution >= 4 is 12.0 Å². The van der Waals surface area contributed by atoms with Gasteiger partial charge in [-0.15, -0.1) is 0 Å². The Morgan fingerprint density at radius 1 is 0.931 bits per heavy atom. The van der Waals surface area contributed by atoms with Crippen molar-refractivity contribution in [3.8, 4) is 11.1 Å². The van der Waals surface area contributed by atoms with Gasteiger partial charge in [0.15, 0.2) is 0 Å². The van der Waals surface area contributed by atoms with E-state index < -0.39 is 17.6 Å². The van der Waals surface area contributed by atoms with Gasteiger partial charge in [-0.2, -0.15) is 0 Å². The number of carbonyl (C=O) groups is 2. The van der Waals surface area contributed by atoms with Crippen molar-refractivity contribution in [2.24, 2.45) is 16.9 Å². The molecule has 1 fully saturated rings. The standard InChI is InChI=1S/C24H30N2O3/c1-23(2)12-14-24(15-13-23,29-22(26)28)11-10-17-6-8-18(9-7-17)19-4-3-5-20(16-19)21(25)27/h3-9,16H,10-15H2,1-2H3,(H2,25,27)(H2,26,28). The van der Waals surface area contributed by atoms with E-state index in [1.807, 2.05) is 24.3 Å².